The fourth-order valence-corrected chi connectivity index (χ4v) is 3.04. The molecule has 0 saturated carbocycles. The number of nitrogens with one attached hydrogen (secondary N) is 2. The van der Waals surface area contributed by atoms with Crippen LogP contribution in [0, 0.1) is 0 Å². The Balaban J connectivity index is 1.46. The lowest BCUT2D eigenvalue weighted by molar-refractivity contribution is -0.122. The molecule has 0 unspecified atom stereocenters. The zero-order valence-corrected chi connectivity index (χ0v) is 13.4. The molecule has 2 heterocycles. The van der Waals surface area contributed by atoms with E-state index in [1.54, 1.807) is 0 Å². The van der Waals surface area contributed by atoms with Crippen molar-refractivity contribution in [3.8, 4) is 0 Å². The number of rotatable bonds is 5. The minimum atomic E-state index is 0.0608. The van der Waals surface area contributed by atoms with Crippen molar-refractivity contribution >= 4 is 17.5 Å². The first kappa shape index (κ1) is 16.0. The van der Waals surface area contributed by atoms with Gasteiger partial charge in [0.15, 0.2) is 0 Å². The maximum Gasteiger partial charge on any atom is 0.234 e. The molecule has 2 amide bonds. The summed E-state index contributed by atoms with van der Waals surface area (Å²) in [6.45, 7) is 5.53. The molecule has 0 bridgehead atoms. The standard InChI is InChI=1S/C17H24N4O2/c22-16(13-20-10-7-18-8-11-20)19-12-14-3-5-15(6-4-14)21-9-1-2-17(21)23/h3-6,18H,1-2,7-13H2,(H,19,22). The molecule has 0 aliphatic carbocycles. The predicted molar refractivity (Wildman–Crippen MR) is 89.2 cm³/mol. The number of piperazine rings is 1. The van der Waals surface area contributed by atoms with Gasteiger partial charge in [0, 0.05) is 51.4 Å². The highest BCUT2D eigenvalue weighted by Crippen LogP contribution is 2.21. The van der Waals surface area contributed by atoms with Crippen LogP contribution in [0.3, 0.4) is 0 Å². The fourth-order valence-electron chi connectivity index (χ4n) is 3.04. The summed E-state index contributed by atoms with van der Waals surface area (Å²) in [6.07, 6.45) is 1.58. The average Bonchev–Trinajstić information content (AvgIpc) is 3.00. The van der Waals surface area contributed by atoms with Gasteiger partial charge in [-0.25, -0.2) is 0 Å². The van der Waals surface area contributed by atoms with E-state index in [0.717, 1.165) is 50.4 Å². The van der Waals surface area contributed by atoms with Crippen LogP contribution in [-0.2, 0) is 16.1 Å². The Kier molecular flexibility index (Phi) is 5.25. The van der Waals surface area contributed by atoms with Crippen LogP contribution in [0.4, 0.5) is 5.69 Å². The third-order valence-corrected chi connectivity index (χ3v) is 4.39. The highest BCUT2D eigenvalue weighted by molar-refractivity contribution is 5.95. The summed E-state index contributed by atoms with van der Waals surface area (Å²) in [4.78, 5) is 27.7. The molecule has 124 valence electrons. The van der Waals surface area contributed by atoms with E-state index in [0.29, 0.717) is 19.5 Å². The predicted octanol–water partition coefficient (Wildman–Crippen LogP) is 0.335. The van der Waals surface area contributed by atoms with Gasteiger partial charge in [0.2, 0.25) is 11.8 Å². The van der Waals surface area contributed by atoms with Crippen LogP contribution in [0.1, 0.15) is 18.4 Å². The summed E-state index contributed by atoms with van der Waals surface area (Å²) >= 11 is 0. The van der Waals surface area contributed by atoms with E-state index >= 15 is 0 Å². The van der Waals surface area contributed by atoms with E-state index in [1.165, 1.54) is 0 Å². The summed E-state index contributed by atoms with van der Waals surface area (Å²) in [5.41, 5.74) is 2.00. The maximum absolute atomic E-state index is 12.0. The topological polar surface area (TPSA) is 64.7 Å². The maximum atomic E-state index is 12.0. The number of nitrogens with zero attached hydrogens (tertiary/aromatic N) is 2. The molecule has 0 atom stereocenters. The molecular formula is C17H24N4O2. The van der Waals surface area contributed by atoms with Gasteiger partial charge in [-0.05, 0) is 24.1 Å². The Labute approximate surface area is 136 Å². The number of carbonyl (C=O) groups excluding carboxylic acids is 2. The van der Waals surface area contributed by atoms with Crippen molar-refractivity contribution in [2.45, 2.75) is 19.4 Å². The quantitative estimate of drug-likeness (QED) is 0.822. The van der Waals surface area contributed by atoms with Gasteiger partial charge in [-0.2, -0.15) is 0 Å². The first-order valence-corrected chi connectivity index (χ1v) is 8.31. The molecule has 0 aromatic heterocycles. The Morgan fingerprint density at radius 3 is 2.52 bits per heavy atom. The van der Waals surface area contributed by atoms with Gasteiger partial charge in [0.05, 0.1) is 6.54 Å². The van der Waals surface area contributed by atoms with E-state index < -0.39 is 0 Å². The fraction of sp³-hybridized carbons (Fsp3) is 0.529. The lowest BCUT2D eigenvalue weighted by Crippen LogP contribution is -2.47. The van der Waals surface area contributed by atoms with Crippen LogP contribution >= 0.6 is 0 Å². The van der Waals surface area contributed by atoms with Gasteiger partial charge in [0.25, 0.3) is 0 Å². The Morgan fingerprint density at radius 2 is 1.87 bits per heavy atom. The van der Waals surface area contributed by atoms with Crippen molar-refractivity contribution in [2.24, 2.45) is 0 Å². The first-order chi connectivity index (χ1) is 11.2. The van der Waals surface area contributed by atoms with Crippen molar-refractivity contribution < 1.29 is 9.59 Å². The number of benzene rings is 1. The normalized spacial score (nSPS) is 19.1. The summed E-state index contributed by atoms with van der Waals surface area (Å²) in [5, 5.41) is 6.24. The number of hydrogen-bond acceptors (Lipinski definition) is 4. The molecule has 1 aromatic carbocycles. The monoisotopic (exact) mass is 316 g/mol. The van der Waals surface area contributed by atoms with E-state index in [-0.39, 0.29) is 11.8 Å². The molecule has 2 aliphatic heterocycles. The van der Waals surface area contributed by atoms with Crippen molar-refractivity contribution in [1.29, 1.82) is 0 Å². The molecule has 23 heavy (non-hydrogen) atoms. The van der Waals surface area contributed by atoms with E-state index in [4.69, 9.17) is 0 Å². The first-order valence-electron chi connectivity index (χ1n) is 8.31. The molecule has 0 radical (unpaired) electrons. The molecule has 2 saturated heterocycles. The van der Waals surface area contributed by atoms with Crippen molar-refractivity contribution in [1.82, 2.24) is 15.5 Å². The number of hydrogen-bond donors (Lipinski definition) is 2. The second-order valence-corrected chi connectivity index (χ2v) is 6.12. The number of carbonyl (C=O) groups is 2. The second-order valence-electron chi connectivity index (χ2n) is 6.12. The minimum Gasteiger partial charge on any atom is -0.351 e. The van der Waals surface area contributed by atoms with Crippen LogP contribution in [0.15, 0.2) is 24.3 Å². The van der Waals surface area contributed by atoms with Gasteiger partial charge in [-0.15, -0.1) is 0 Å². The van der Waals surface area contributed by atoms with Crippen LogP contribution in [-0.4, -0.2) is 56.0 Å². The molecule has 2 fully saturated rings. The lowest BCUT2D eigenvalue weighted by Gasteiger charge is -2.26. The largest absolute Gasteiger partial charge is 0.351 e. The van der Waals surface area contributed by atoms with Gasteiger partial charge in [-0.1, -0.05) is 12.1 Å². The zero-order valence-electron chi connectivity index (χ0n) is 13.4. The molecule has 6 nitrogen and oxygen atoms in total. The molecular weight excluding hydrogens is 292 g/mol. The highest BCUT2D eigenvalue weighted by Gasteiger charge is 2.21. The van der Waals surface area contributed by atoms with E-state index in [2.05, 4.69) is 15.5 Å². The molecule has 1 aromatic rings. The smallest absolute Gasteiger partial charge is 0.234 e. The minimum absolute atomic E-state index is 0.0608. The SMILES string of the molecule is O=C(CN1CCNCC1)NCc1ccc(N2CCCC2=O)cc1. The third kappa shape index (κ3) is 4.30. The summed E-state index contributed by atoms with van der Waals surface area (Å²) in [6, 6.07) is 7.88. The summed E-state index contributed by atoms with van der Waals surface area (Å²) < 4.78 is 0. The van der Waals surface area contributed by atoms with Crippen molar-refractivity contribution in [3.05, 3.63) is 29.8 Å². The van der Waals surface area contributed by atoms with Crippen LogP contribution in [0.25, 0.3) is 0 Å². The van der Waals surface area contributed by atoms with E-state index in [9.17, 15) is 9.59 Å². The Bertz CT molecular complexity index is 552. The summed E-state index contributed by atoms with van der Waals surface area (Å²) in [5.74, 6) is 0.257. The zero-order chi connectivity index (χ0) is 16.1. The lowest BCUT2D eigenvalue weighted by atomic mass is 10.2. The van der Waals surface area contributed by atoms with Crippen LogP contribution in [0.5, 0.6) is 0 Å². The van der Waals surface area contributed by atoms with Crippen molar-refractivity contribution in [3.63, 3.8) is 0 Å². The van der Waals surface area contributed by atoms with Crippen LogP contribution in [0.2, 0.25) is 0 Å². The Morgan fingerprint density at radius 1 is 1.13 bits per heavy atom. The third-order valence-electron chi connectivity index (χ3n) is 4.39. The average molecular weight is 316 g/mol. The molecule has 3 rings (SSSR count). The number of amides is 2. The van der Waals surface area contributed by atoms with Gasteiger partial charge in [0.1, 0.15) is 0 Å². The van der Waals surface area contributed by atoms with Crippen LogP contribution < -0.4 is 15.5 Å². The molecule has 2 aliphatic rings. The number of anilines is 1. The molecule has 2 N–H and O–H groups in total. The molecule has 0 spiro atoms. The second kappa shape index (κ2) is 7.57. The van der Waals surface area contributed by atoms with Gasteiger partial charge in [-0.3, -0.25) is 14.5 Å². The highest BCUT2D eigenvalue weighted by atomic mass is 16.2. The summed E-state index contributed by atoms with van der Waals surface area (Å²) in [7, 11) is 0. The van der Waals surface area contributed by atoms with Gasteiger partial charge < -0.3 is 15.5 Å². The van der Waals surface area contributed by atoms with Crippen molar-refractivity contribution in [2.75, 3.05) is 44.2 Å². The van der Waals surface area contributed by atoms with Gasteiger partial charge >= 0.3 is 0 Å². The Hall–Kier alpha value is -1.92. The van der Waals surface area contributed by atoms with E-state index in [1.807, 2.05) is 29.2 Å². The molecule has 6 heteroatoms.